The Morgan fingerprint density at radius 2 is 2.11 bits per heavy atom. The Morgan fingerprint density at radius 1 is 1.25 bits per heavy atom. The fourth-order valence-electron chi connectivity index (χ4n) is 4.43. The van der Waals surface area contributed by atoms with Gasteiger partial charge >= 0.3 is 0 Å². The number of nitrogens with one attached hydrogen (secondary N) is 1. The first-order valence-electron chi connectivity index (χ1n) is 9.51. The van der Waals surface area contributed by atoms with Crippen LogP contribution in [-0.2, 0) is 0 Å². The van der Waals surface area contributed by atoms with E-state index in [1.54, 1.807) is 29.1 Å². The summed E-state index contributed by atoms with van der Waals surface area (Å²) in [4.78, 5) is 10.8. The summed E-state index contributed by atoms with van der Waals surface area (Å²) in [5, 5.41) is 21.9. The van der Waals surface area contributed by atoms with Crippen LogP contribution in [0.2, 0.25) is 0 Å². The largest absolute Gasteiger partial charge is 0.504 e. The van der Waals surface area contributed by atoms with Gasteiger partial charge in [0.2, 0.25) is 5.65 Å². The third-order valence-corrected chi connectivity index (χ3v) is 6.05. The second-order valence-electron chi connectivity index (χ2n) is 7.68. The molecule has 5 rings (SSSR count). The first-order chi connectivity index (χ1) is 13.5. The van der Waals surface area contributed by atoms with Gasteiger partial charge in [0.05, 0.1) is 24.1 Å². The standard InChI is InChI=1S/C19H22FN7O/c1-10-24-25-19-18(28)12(5-6-27(10)19)14-8-22-16(9-21-14)26(2)15-7-11-3-4-13(23-11)17(15)20/h5-6,8-9,11,13,15,17,23,28H,3-4,7H2,1-2H3/t11-,13?,15-,17+/m0/s1. The second-order valence-corrected chi connectivity index (χ2v) is 7.68. The Labute approximate surface area is 161 Å². The molecule has 0 aromatic carbocycles. The van der Waals surface area contributed by atoms with Crippen LogP contribution in [0.15, 0.2) is 24.7 Å². The number of anilines is 1. The molecule has 9 heteroatoms. The molecule has 2 bridgehead atoms. The average molecular weight is 383 g/mol. The number of halogens is 1. The molecule has 2 saturated heterocycles. The Bertz CT molecular complexity index is 1020. The molecule has 28 heavy (non-hydrogen) atoms. The molecule has 3 aromatic heterocycles. The van der Waals surface area contributed by atoms with E-state index in [-0.39, 0.29) is 17.8 Å². The van der Waals surface area contributed by atoms with E-state index >= 15 is 0 Å². The highest BCUT2D eigenvalue weighted by Crippen LogP contribution is 2.34. The highest BCUT2D eigenvalue weighted by atomic mass is 19.1. The van der Waals surface area contributed by atoms with Crippen LogP contribution in [0.5, 0.6) is 5.75 Å². The zero-order chi connectivity index (χ0) is 19.4. The number of alkyl halides is 1. The molecule has 5 heterocycles. The van der Waals surface area contributed by atoms with Gasteiger partial charge in [-0.15, -0.1) is 10.2 Å². The number of hydrogen-bond donors (Lipinski definition) is 2. The van der Waals surface area contributed by atoms with Gasteiger partial charge in [0.25, 0.3) is 0 Å². The van der Waals surface area contributed by atoms with E-state index in [1.165, 1.54) is 0 Å². The lowest BCUT2D eigenvalue weighted by Gasteiger charge is -2.38. The predicted molar refractivity (Wildman–Crippen MR) is 102 cm³/mol. The molecule has 2 N–H and O–H groups in total. The normalized spacial score (nSPS) is 26.7. The lowest BCUT2D eigenvalue weighted by Crippen LogP contribution is -2.55. The summed E-state index contributed by atoms with van der Waals surface area (Å²) in [6, 6.07) is 1.87. The zero-order valence-corrected chi connectivity index (χ0v) is 15.7. The van der Waals surface area contributed by atoms with Crippen LogP contribution >= 0.6 is 0 Å². The Kier molecular flexibility index (Phi) is 3.94. The van der Waals surface area contributed by atoms with Gasteiger partial charge in [-0.05, 0) is 32.3 Å². The lowest BCUT2D eigenvalue weighted by atomic mass is 9.96. The van der Waals surface area contributed by atoms with Gasteiger partial charge in [0.15, 0.2) is 5.75 Å². The van der Waals surface area contributed by atoms with Crippen LogP contribution in [0.1, 0.15) is 25.1 Å². The van der Waals surface area contributed by atoms with Crippen LogP contribution in [0, 0.1) is 6.92 Å². The molecule has 0 radical (unpaired) electrons. The summed E-state index contributed by atoms with van der Waals surface area (Å²) in [5.74, 6) is 1.32. The van der Waals surface area contributed by atoms with Gasteiger partial charge in [0.1, 0.15) is 17.8 Å². The van der Waals surface area contributed by atoms with E-state index in [2.05, 4.69) is 25.5 Å². The first-order valence-corrected chi connectivity index (χ1v) is 9.51. The molecule has 3 aromatic rings. The van der Waals surface area contributed by atoms with Gasteiger partial charge in [-0.1, -0.05) is 0 Å². The molecule has 1 unspecified atom stereocenters. The van der Waals surface area contributed by atoms with Crippen molar-refractivity contribution in [3.05, 3.63) is 30.5 Å². The molecule has 0 aliphatic carbocycles. The Hall–Kier alpha value is -2.81. The van der Waals surface area contributed by atoms with E-state index in [1.807, 2.05) is 18.9 Å². The molecular weight excluding hydrogens is 361 g/mol. The van der Waals surface area contributed by atoms with E-state index in [0.717, 1.165) is 19.3 Å². The van der Waals surface area contributed by atoms with Crippen LogP contribution in [-0.4, -0.2) is 61.0 Å². The number of aromatic hydroxyl groups is 1. The SMILES string of the molecule is Cc1nnc2c(O)c(-c3cnc(N(C)[C@H]4C[C@@H]5CCC(N5)[C@H]4F)cn3)ccn12. The van der Waals surface area contributed by atoms with Crippen molar-refractivity contribution in [3.8, 4) is 17.0 Å². The molecule has 8 nitrogen and oxygen atoms in total. The zero-order valence-electron chi connectivity index (χ0n) is 15.7. The summed E-state index contributed by atoms with van der Waals surface area (Å²) in [6.45, 7) is 1.81. The van der Waals surface area contributed by atoms with Gasteiger partial charge in [0, 0.05) is 30.9 Å². The van der Waals surface area contributed by atoms with E-state index in [0.29, 0.717) is 34.6 Å². The third-order valence-electron chi connectivity index (χ3n) is 6.05. The first kappa shape index (κ1) is 17.3. The summed E-state index contributed by atoms with van der Waals surface area (Å²) in [6.07, 6.45) is 6.79. The smallest absolute Gasteiger partial charge is 0.203 e. The van der Waals surface area contributed by atoms with Crippen LogP contribution in [0.4, 0.5) is 10.2 Å². The maximum Gasteiger partial charge on any atom is 0.203 e. The maximum absolute atomic E-state index is 14.8. The van der Waals surface area contributed by atoms with Crippen molar-refractivity contribution in [2.45, 2.75) is 50.5 Å². The number of piperidine rings is 1. The summed E-state index contributed by atoms with van der Waals surface area (Å²) in [7, 11) is 1.87. The fraction of sp³-hybridized carbons (Fsp3) is 0.474. The average Bonchev–Trinajstić information content (AvgIpc) is 3.29. The van der Waals surface area contributed by atoms with E-state index in [4.69, 9.17) is 0 Å². The van der Waals surface area contributed by atoms with Gasteiger partial charge in [-0.2, -0.15) is 0 Å². The number of hydrogen-bond acceptors (Lipinski definition) is 7. The highest BCUT2D eigenvalue weighted by molar-refractivity contribution is 5.74. The van der Waals surface area contributed by atoms with Crippen molar-refractivity contribution < 1.29 is 9.50 Å². The van der Waals surface area contributed by atoms with Gasteiger partial charge in [-0.25, -0.2) is 9.37 Å². The number of rotatable bonds is 3. The molecule has 2 aliphatic rings. The molecule has 2 fully saturated rings. The third kappa shape index (κ3) is 2.61. The quantitative estimate of drug-likeness (QED) is 0.713. The Morgan fingerprint density at radius 3 is 2.89 bits per heavy atom. The number of aromatic nitrogens is 5. The van der Waals surface area contributed by atoms with Crippen LogP contribution in [0.3, 0.4) is 0 Å². The molecule has 4 atom stereocenters. The Balaban J connectivity index is 1.42. The fourth-order valence-corrected chi connectivity index (χ4v) is 4.43. The molecule has 0 spiro atoms. The molecule has 0 amide bonds. The second kappa shape index (κ2) is 6.37. The number of pyridine rings is 1. The van der Waals surface area contributed by atoms with Crippen molar-refractivity contribution in [1.29, 1.82) is 0 Å². The van der Waals surface area contributed by atoms with Crippen molar-refractivity contribution in [3.63, 3.8) is 0 Å². The van der Waals surface area contributed by atoms with Crippen LogP contribution in [0.25, 0.3) is 16.9 Å². The maximum atomic E-state index is 14.8. The topological polar surface area (TPSA) is 91.5 Å². The number of aryl methyl sites for hydroxylation is 1. The van der Waals surface area contributed by atoms with Crippen molar-refractivity contribution in [2.75, 3.05) is 11.9 Å². The van der Waals surface area contributed by atoms with Crippen molar-refractivity contribution in [2.24, 2.45) is 0 Å². The molecule has 0 saturated carbocycles. The van der Waals surface area contributed by atoms with Crippen LogP contribution < -0.4 is 10.2 Å². The summed E-state index contributed by atoms with van der Waals surface area (Å²) in [5.41, 5.74) is 1.44. The monoisotopic (exact) mass is 383 g/mol. The van der Waals surface area contributed by atoms with Crippen molar-refractivity contribution in [1.82, 2.24) is 29.9 Å². The van der Waals surface area contributed by atoms with Gasteiger partial charge in [-0.3, -0.25) is 9.38 Å². The minimum atomic E-state index is -0.923. The molecule has 146 valence electrons. The predicted octanol–water partition coefficient (Wildman–Crippen LogP) is 1.87. The molecular formula is C19H22FN7O. The number of nitrogens with zero attached hydrogens (tertiary/aromatic N) is 6. The highest BCUT2D eigenvalue weighted by Gasteiger charge is 2.43. The molecule has 2 aliphatic heterocycles. The van der Waals surface area contributed by atoms with Gasteiger partial charge < -0.3 is 15.3 Å². The minimum absolute atomic E-state index is 0.0113. The van der Waals surface area contributed by atoms with E-state index in [9.17, 15) is 9.50 Å². The van der Waals surface area contributed by atoms with E-state index < -0.39 is 6.17 Å². The minimum Gasteiger partial charge on any atom is -0.504 e. The summed E-state index contributed by atoms with van der Waals surface area (Å²) >= 11 is 0. The summed E-state index contributed by atoms with van der Waals surface area (Å²) < 4.78 is 16.5. The van der Waals surface area contributed by atoms with Crippen molar-refractivity contribution >= 4 is 11.5 Å². The number of fused-ring (bicyclic) bond motifs is 3. The lowest BCUT2D eigenvalue weighted by molar-refractivity contribution is 0.176.